The van der Waals surface area contributed by atoms with Crippen LogP contribution in [0.25, 0.3) is 0 Å². The number of ether oxygens (including phenoxy) is 3. The van der Waals surface area contributed by atoms with Gasteiger partial charge in [-0.15, -0.1) is 0 Å². The molecule has 9 heteroatoms. The summed E-state index contributed by atoms with van der Waals surface area (Å²) in [6.07, 6.45) is 2.53. The van der Waals surface area contributed by atoms with Crippen LogP contribution in [0, 0.1) is 5.41 Å². The first-order chi connectivity index (χ1) is 13.6. The molecule has 0 fully saturated rings. The summed E-state index contributed by atoms with van der Waals surface area (Å²) < 4.78 is 17.7. The second-order valence-corrected chi connectivity index (χ2v) is 8.36. The minimum atomic E-state index is -1.60. The number of carbonyl (C=O) groups is 2. The molecule has 0 bridgehead atoms. The van der Waals surface area contributed by atoms with Crippen molar-refractivity contribution in [2.45, 2.75) is 52.9 Å². The molecule has 0 aliphatic heterocycles. The third-order valence-electron chi connectivity index (χ3n) is 3.80. The maximum Gasteiger partial charge on any atom is 0.511 e. The van der Waals surface area contributed by atoms with Crippen molar-refractivity contribution in [2.24, 2.45) is 5.41 Å². The van der Waals surface area contributed by atoms with E-state index in [1.54, 1.807) is 12.1 Å². The van der Waals surface area contributed by atoms with Crippen LogP contribution in [0.5, 0.6) is 0 Å². The monoisotopic (exact) mass is 423 g/mol. The molecule has 0 saturated carbocycles. The van der Waals surface area contributed by atoms with E-state index >= 15 is 0 Å². The number of halogens is 1. The molecule has 1 heterocycles. The molecule has 0 aliphatic carbocycles. The highest BCUT2D eigenvalue weighted by Gasteiger charge is 2.40. The molecule has 2 rings (SSSR count). The molecule has 0 N–H and O–H groups in total. The number of rotatable bonds is 8. The number of aryl methyl sites for hydroxylation is 1. The summed E-state index contributed by atoms with van der Waals surface area (Å²) in [6.45, 7) is 7.16. The van der Waals surface area contributed by atoms with Gasteiger partial charge in [0.15, 0.2) is 0 Å². The van der Waals surface area contributed by atoms with Crippen molar-refractivity contribution in [3.8, 4) is 0 Å². The number of hydrogen-bond donors (Lipinski definition) is 0. The SMILES string of the molecule is CC(=O)OC(CCc1ccc(Cl)cc1)(Cn1cncn1)OC(=O)OCC(C)(C)C. The Labute approximate surface area is 175 Å². The Morgan fingerprint density at radius 3 is 2.38 bits per heavy atom. The van der Waals surface area contributed by atoms with E-state index in [0.717, 1.165) is 5.56 Å². The predicted octanol–water partition coefficient (Wildman–Crippen LogP) is 4.02. The first-order valence-corrected chi connectivity index (χ1v) is 9.57. The number of aromatic nitrogens is 3. The largest absolute Gasteiger partial charge is 0.511 e. The Bertz CT molecular complexity index is 803. The van der Waals surface area contributed by atoms with Crippen LogP contribution < -0.4 is 0 Å². The fourth-order valence-electron chi connectivity index (χ4n) is 2.53. The van der Waals surface area contributed by atoms with Gasteiger partial charge in [0, 0.05) is 18.4 Å². The van der Waals surface area contributed by atoms with Crippen LogP contribution in [0.2, 0.25) is 5.02 Å². The zero-order chi connectivity index (χ0) is 21.5. The normalized spacial score (nSPS) is 13.4. The van der Waals surface area contributed by atoms with Crippen LogP contribution in [-0.4, -0.2) is 39.3 Å². The number of benzene rings is 1. The quantitative estimate of drug-likeness (QED) is 0.467. The zero-order valence-electron chi connectivity index (χ0n) is 17.1. The fourth-order valence-corrected chi connectivity index (χ4v) is 2.66. The van der Waals surface area contributed by atoms with Crippen LogP contribution in [0.15, 0.2) is 36.9 Å². The molecule has 29 heavy (non-hydrogen) atoms. The molecule has 1 unspecified atom stereocenters. The van der Waals surface area contributed by atoms with Gasteiger partial charge >= 0.3 is 12.1 Å². The highest BCUT2D eigenvalue weighted by Crippen LogP contribution is 2.26. The fraction of sp³-hybridized carbons (Fsp3) is 0.500. The maximum absolute atomic E-state index is 12.4. The van der Waals surface area contributed by atoms with Gasteiger partial charge in [0.2, 0.25) is 0 Å². The van der Waals surface area contributed by atoms with E-state index in [1.165, 1.54) is 24.3 Å². The van der Waals surface area contributed by atoms with Gasteiger partial charge in [-0.2, -0.15) is 5.10 Å². The average Bonchev–Trinajstić information content (AvgIpc) is 3.11. The molecule has 0 saturated heterocycles. The topological polar surface area (TPSA) is 92.5 Å². The molecule has 158 valence electrons. The van der Waals surface area contributed by atoms with E-state index in [2.05, 4.69) is 10.1 Å². The minimum absolute atomic E-state index is 0.0230. The first-order valence-electron chi connectivity index (χ1n) is 9.19. The van der Waals surface area contributed by atoms with Crippen molar-refractivity contribution < 1.29 is 23.8 Å². The van der Waals surface area contributed by atoms with Gasteiger partial charge in [0.25, 0.3) is 5.79 Å². The standard InChI is InChI=1S/C20H26ClN3O5/c1-15(25)28-20(11-24-14-22-13-23-24,29-18(26)27-12-19(2,3)4)10-9-16-5-7-17(21)8-6-16/h5-8,13-14H,9-12H2,1-4H3. The molecule has 0 aliphatic rings. The van der Waals surface area contributed by atoms with Crippen LogP contribution in [-0.2, 0) is 32.0 Å². The van der Waals surface area contributed by atoms with Crippen molar-refractivity contribution >= 4 is 23.7 Å². The van der Waals surface area contributed by atoms with Crippen molar-refractivity contribution in [1.82, 2.24) is 14.8 Å². The summed E-state index contributed by atoms with van der Waals surface area (Å²) in [4.78, 5) is 28.1. The van der Waals surface area contributed by atoms with Crippen molar-refractivity contribution in [3.05, 3.63) is 47.5 Å². The predicted molar refractivity (Wildman–Crippen MR) is 106 cm³/mol. The number of nitrogens with zero attached hydrogens (tertiary/aromatic N) is 3. The Balaban J connectivity index is 2.22. The first kappa shape index (κ1) is 22.7. The number of hydrogen-bond acceptors (Lipinski definition) is 7. The van der Waals surface area contributed by atoms with Crippen LogP contribution in [0.1, 0.15) is 39.7 Å². The van der Waals surface area contributed by atoms with Gasteiger partial charge < -0.3 is 14.2 Å². The second kappa shape index (κ2) is 9.73. The summed E-state index contributed by atoms with van der Waals surface area (Å²) in [7, 11) is 0. The van der Waals surface area contributed by atoms with E-state index in [9.17, 15) is 9.59 Å². The van der Waals surface area contributed by atoms with Crippen LogP contribution >= 0.6 is 11.6 Å². The van der Waals surface area contributed by atoms with Gasteiger partial charge in [-0.1, -0.05) is 44.5 Å². The Morgan fingerprint density at radius 1 is 1.14 bits per heavy atom. The molecule has 0 spiro atoms. The Hall–Kier alpha value is -2.61. The Kier molecular flexibility index (Phi) is 7.61. The lowest BCUT2D eigenvalue weighted by Gasteiger charge is -2.32. The summed E-state index contributed by atoms with van der Waals surface area (Å²) in [5.41, 5.74) is 0.703. The lowest BCUT2D eigenvalue weighted by Crippen LogP contribution is -2.44. The molecular formula is C20H26ClN3O5. The lowest BCUT2D eigenvalue weighted by atomic mass is 9.99. The average molecular weight is 424 g/mol. The van der Waals surface area contributed by atoms with E-state index in [4.69, 9.17) is 25.8 Å². The van der Waals surface area contributed by atoms with Gasteiger partial charge in [0.1, 0.15) is 19.2 Å². The molecule has 8 nitrogen and oxygen atoms in total. The summed E-state index contributed by atoms with van der Waals surface area (Å²) in [5, 5.41) is 4.65. The van der Waals surface area contributed by atoms with Gasteiger partial charge in [0.05, 0.1) is 6.61 Å². The Morgan fingerprint density at radius 2 is 1.83 bits per heavy atom. The summed E-state index contributed by atoms with van der Waals surface area (Å²) in [5.74, 6) is -2.20. The van der Waals surface area contributed by atoms with Crippen LogP contribution in [0.3, 0.4) is 0 Å². The molecule has 0 radical (unpaired) electrons. The summed E-state index contributed by atoms with van der Waals surface area (Å²) in [6, 6.07) is 7.24. The third kappa shape index (κ3) is 8.11. The van der Waals surface area contributed by atoms with E-state index < -0.39 is 17.9 Å². The molecule has 0 amide bonds. The maximum atomic E-state index is 12.4. The second-order valence-electron chi connectivity index (χ2n) is 7.93. The number of esters is 1. The summed E-state index contributed by atoms with van der Waals surface area (Å²) >= 11 is 5.93. The number of carbonyl (C=O) groups excluding carboxylic acids is 2. The highest BCUT2D eigenvalue weighted by atomic mass is 35.5. The third-order valence-corrected chi connectivity index (χ3v) is 4.05. The van der Waals surface area contributed by atoms with E-state index in [-0.39, 0.29) is 25.0 Å². The highest BCUT2D eigenvalue weighted by molar-refractivity contribution is 6.30. The van der Waals surface area contributed by atoms with Crippen LogP contribution in [0.4, 0.5) is 4.79 Å². The lowest BCUT2D eigenvalue weighted by molar-refractivity contribution is -0.223. The van der Waals surface area contributed by atoms with Crippen molar-refractivity contribution in [1.29, 1.82) is 0 Å². The van der Waals surface area contributed by atoms with Gasteiger partial charge in [-0.3, -0.25) is 4.79 Å². The van der Waals surface area contributed by atoms with E-state index in [1.807, 2.05) is 32.9 Å². The zero-order valence-corrected chi connectivity index (χ0v) is 17.8. The van der Waals surface area contributed by atoms with Crippen molar-refractivity contribution in [3.63, 3.8) is 0 Å². The van der Waals surface area contributed by atoms with Crippen molar-refractivity contribution in [2.75, 3.05) is 6.61 Å². The van der Waals surface area contributed by atoms with E-state index in [0.29, 0.717) is 11.4 Å². The molecule has 1 atom stereocenters. The molecular weight excluding hydrogens is 398 g/mol. The minimum Gasteiger partial charge on any atom is -0.434 e. The molecule has 2 aromatic rings. The smallest absolute Gasteiger partial charge is 0.434 e. The van der Waals surface area contributed by atoms with Gasteiger partial charge in [-0.25, -0.2) is 14.5 Å². The molecule has 1 aromatic carbocycles. The van der Waals surface area contributed by atoms with Gasteiger partial charge in [-0.05, 0) is 29.5 Å². The molecule has 1 aromatic heterocycles.